The number of nitrogens with two attached hydrogens (primary N) is 3. The van der Waals surface area contributed by atoms with E-state index in [-0.39, 0.29) is 12.3 Å². The highest BCUT2D eigenvalue weighted by Gasteiger charge is 2.14. The minimum absolute atomic E-state index is 0.137. The molecule has 0 bridgehead atoms. The molecular formula is C10H24N6O2. The van der Waals surface area contributed by atoms with E-state index in [1.165, 1.54) is 0 Å². The summed E-state index contributed by atoms with van der Waals surface area (Å²) in [6.45, 7) is 4.13. The van der Waals surface area contributed by atoms with Gasteiger partial charge in [0.05, 0.1) is 12.5 Å². The maximum Gasteiger partial charge on any atom is 0.237 e. The molecule has 0 aromatic heterocycles. The Hall–Kier alpha value is -1.22. The summed E-state index contributed by atoms with van der Waals surface area (Å²) in [5, 5.41) is 8.87. The summed E-state index contributed by atoms with van der Waals surface area (Å²) >= 11 is 0. The first-order chi connectivity index (χ1) is 8.57. The molecule has 0 aliphatic rings. The van der Waals surface area contributed by atoms with E-state index in [1.54, 1.807) is 0 Å². The van der Waals surface area contributed by atoms with Gasteiger partial charge in [0.1, 0.15) is 0 Å². The third-order valence-corrected chi connectivity index (χ3v) is 2.16. The Bertz CT molecular complexity index is 249. The molecular weight excluding hydrogens is 236 g/mol. The zero-order valence-corrected chi connectivity index (χ0v) is 10.6. The Kier molecular flexibility index (Phi) is 10.2. The first-order valence-electron chi connectivity index (χ1n) is 6.01. The third-order valence-electron chi connectivity index (χ3n) is 2.16. The van der Waals surface area contributed by atoms with Crippen LogP contribution >= 0.6 is 0 Å². The summed E-state index contributed by atoms with van der Waals surface area (Å²) in [5.74, 6) is -0.946. The lowest BCUT2D eigenvalue weighted by Crippen LogP contribution is -2.45. The van der Waals surface area contributed by atoms with E-state index in [2.05, 4.69) is 16.0 Å². The predicted octanol–water partition coefficient (Wildman–Crippen LogP) is -3.56. The molecule has 9 N–H and O–H groups in total. The number of hydrogen-bond donors (Lipinski definition) is 6. The molecule has 0 unspecified atom stereocenters. The van der Waals surface area contributed by atoms with Gasteiger partial charge in [-0.3, -0.25) is 9.59 Å². The van der Waals surface area contributed by atoms with Crippen molar-refractivity contribution < 1.29 is 9.59 Å². The van der Waals surface area contributed by atoms with Gasteiger partial charge in [-0.2, -0.15) is 0 Å². The fraction of sp³-hybridized carbons (Fsp3) is 0.800. The van der Waals surface area contributed by atoms with Gasteiger partial charge in [0, 0.05) is 39.3 Å². The number of rotatable bonds is 11. The van der Waals surface area contributed by atoms with Crippen LogP contribution in [0.5, 0.6) is 0 Å². The molecule has 8 nitrogen and oxygen atoms in total. The summed E-state index contributed by atoms with van der Waals surface area (Å²) in [7, 11) is 0. The first kappa shape index (κ1) is 16.8. The van der Waals surface area contributed by atoms with Crippen molar-refractivity contribution in [3.63, 3.8) is 0 Å². The monoisotopic (exact) mass is 260 g/mol. The molecule has 0 aliphatic heterocycles. The molecule has 0 fully saturated rings. The second-order valence-electron chi connectivity index (χ2n) is 3.86. The Morgan fingerprint density at radius 1 is 1.00 bits per heavy atom. The molecule has 0 aromatic carbocycles. The molecule has 0 radical (unpaired) electrons. The highest BCUT2D eigenvalue weighted by atomic mass is 16.2. The Balaban J connectivity index is 3.37. The lowest BCUT2D eigenvalue weighted by atomic mass is 10.2. The molecule has 0 aliphatic carbocycles. The quantitative estimate of drug-likeness (QED) is 0.212. The highest BCUT2D eigenvalue weighted by molar-refractivity contribution is 5.87. The van der Waals surface area contributed by atoms with Crippen LogP contribution in [0.4, 0.5) is 0 Å². The average Bonchev–Trinajstić information content (AvgIpc) is 2.31. The molecule has 0 rings (SSSR count). The minimum atomic E-state index is -0.867. The normalized spacial score (nSPS) is 12.1. The molecule has 1 atom stereocenters. The molecule has 0 spiro atoms. The maximum atomic E-state index is 11.4. The molecule has 0 heterocycles. The van der Waals surface area contributed by atoms with Crippen molar-refractivity contribution in [3.05, 3.63) is 0 Å². The molecule has 2 amide bonds. The van der Waals surface area contributed by atoms with Gasteiger partial charge in [0.15, 0.2) is 0 Å². The number of amides is 2. The van der Waals surface area contributed by atoms with Crippen molar-refractivity contribution in [2.24, 2.45) is 17.2 Å². The lowest BCUT2D eigenvalue weighted by Gasteiger charge is -2.11. The fourth-order valence-electron chi connectivity index (χ4n) is 1.24. The van der Waals surface area contributed by atoms with Gasteiger partial charge < -0.3 is 33.2 Å². The zero-order chi connectivity index (χ0) is 13.8. The number of carbonyl (C=O) groups excluding carboxylic acids is 2. The molecule has 106 valence electrons. The number of hydrogen-bond acceptors (Lipinski definition) is 6. The van der Waals surface area contributed by atoms with Gasteiger partial charge in [-0.05, 0) is 0 Å². The van der Waals surface area contributed by atoms with E-state index in [4.69, 9.17) is 17.2 Å². The van der Waals surface area contributed by atoms with Crippen molar-refractivity contribution in [3.8, 4) is 0 Å². The molecule has 0 aromatic rings. The van der Waals surface area contributed by atoms with Crippen molar-refractivity contribution in [1.82, 2.24) is 16.0 Å². The Morgan fingerprint density at radius 3 is 2.11 bits per heavy atom. The summed E-state index contributed by atoms with van der Waals surface area (Å²) in [5.41, 5.74) is 15.7. The maximum absolute atomic E-state index is 11.4. The smallest absolute Gasteiger partial charge is 0.237 e. The van der Waals surface area contributed by atoms with Crippen LogP contribution in [0.25, 0.3) is 0 Å². The van der Waals surface area contributed by atoms with Crippen LogP contribution in [0.3, 0.4) is 0 Å². The number of nitrogens with one attached hydrogen (secondary N) is 3. The standard InChI is InChI=1S/C10H24N6O2/c11-1-2-14-3-4-15-5-6-16-10(18)8(12)7-9(13)17/h8,14-15H,1-7,11-12H2,(H2,13,17)(H,16,18)/t8-/m0/s1. The summed E-state index contributed by atoms with van der Waals surface area (Å²) < 4.78 is 0. The van der Waals surface area contributed by atoms with Crippen LogP contribution in [0.1, 0.15) is 6.42 Å². The summed E-state index contributed by atoms with van der Waals surface area (Å²) in [6.07, 6.45) is -0.137. The highest BCUT2D eigenvalue weighted by Crippen LogP contribution is 1.85. The number of primary amides is 1. The van der Waals surface area contributed by atoms with Crippen molar-refractivity contribution in [2.45, 2.75) is 12.5 Å². The van der Waals surface area contributed by atoms with Crippen LogP contribution in [0, 0.1) is 0 Å². The van der Waals surface area contributed by atoms with E-state index < -0.39 is 11.9 Å². The van der Waals surface area contributed by atoms with Crippen LogP contribution in [0.2, 0.25) is 0 Å². The summed E-state index contributed by atoms with van der Waals surface area (Å²) in [6, 6.07) is -0.867. The molecule has 18 heavy (non-hydrogen) atoms. The van der Waals surface area contributed by atoms with Crippen molar-refractivity contribution in [1.29, 1.82) is 0 Å². The van der Waals surface area contributed by atoms with E-state index in [0.717, 1.165) is 19.6 Å². The van der Waals surface area contributed by atoms with E-state index in [0.29, 0.717) is 19.6 Å². The van der Waals surface area contributed by atoms with Crippen LogP contribution in [0.15, 0.2) is 0 Å². The second-order valence-corrected chi connectivity index (χ2v) is 3.86. The minimum Gasteiger partial charge on any atom is -0.370 e. The van der Waals surface area contributed by atoms with E-state index >= 15 is 0 Å². The van der Waals surface area contributed by atoms with Gasteiger partial charge in [-0.25, -0.2) is 0 Å². The lowest BCUT2D eigenvalue weighted by molar-refractivity contribution is -0.126. The first-order valence-corrected chi connectivity index (χ1v) is 6.01. The Labute approximate surface area is 107 Å². The Morgan fingerprint density at radius 2 is 1.56 bits per heavy atom. The van der Waals surface area contributed by atoms with Gasteiger partial charge >= 0.3 is 0 Å². The predicted molar refractivity (Wildman–Crippen MR) is 69.6 cm³/mol. The van der Waals surface area contributed by atoms with Gasteiger partial charge in [-0.15, -0.1) is 0 Å². The SMILES string of the molecule is NCCNCCNCCNC(=O)[C@@H](N)CC(N)=O. The topological polar surface area (TPSA) is 148 Å². The number of carbonyl (C=O) groups is 2. The van der Waals surface area contributed by atoms with Crippen molar-refractivity contribution in [2.75, 3.05) is 39.3 Å². The largest absolute Gasteiger partial charge is 0.370 e. The van der Waals surface area contributed by atoms with E-state index in [9.17, 15) is 9.59 Å². The fourth-order valence-corrected chi connectivity index (χ4v) is 1.24. The average molecular weight is 260 g/mol. The molecule has 0 saturated heterocycles. The van der Waals surface area contributed by atoms with Gasteiger partial charge in [0.2, 0.25) is 11.8 Å². The second kappa shape index (κ2) is 10.9. The van der Waals surface area contributed by atoms with Gasteiger partial charge in [0.25, 0.3) is 0 Å². The zero-order valence-electron chi connectivity index (χ0n) is 10.6. The third kappa shape index (κ3) is 9.97. The molecule has 8 heteroatoms. The van der Waals surface area contributed by atoms with Gasteiger partial charge in [-0.1, -0.05) is 0 Å². The van der Waals surface area contributed by atoms with Crippen LogP contribution in [-0.4, -0.2) is 57.1 Å². The van der Waals surface area contributed by atoms with E-state index in [1.807, 2.05) is 0 Å². The summed E-state index contributed by atoms with van der Waals surface area (Å²) in [4.78, 5) is 21.9. The van der Waals surface area contributed by atoms with Crippen LogP contribution in [-0.2, 0) is 9.59 Å². The van der Waals surface area contributed by atoms with Crippen LogP contribution < -0.4 is 33.2 Å². The van der Waals surface area contributed by atoms with Crippen molar-refractivity contribution >= 4 is 11.8 Å². The molecule has 0 saturated carbocycles.